The van der Waals surface area contributed by atoms with E-state index < -0.39 is 5.97 Å². The van der Waals surface area contributed by atoms with Gasteiger partial charge in [0.25, 0.3) is 5.97 Å². The molecular formula is C6H8O3S. The molecule has 0 aliphatic rings. The van der Waals surface area contributed by atoms with Crippen LogP contribution in [0.25, 0.3) is 0 Å². The fourth-order valence-electron chi connectivity index (χ4n) is 0.270. The average molecular weight is 160 g/mol. The molecule has 0 spiro atoms. The third-order valence-electron chi connectivity index (χ3n) is 0.506. The van der Waals surface area contributed by atoms with Crippen molar-refractivity contribution in [3.63, 3.8) is 0 Å². The third kappa shape index (κ3) is 7.10. The van der Waals surface area contributed by atoms with Crippen LogP contribution in [0.3, 0.4) is 0 Å². The number of thiol groups is 1. The van der Waals surface area contributed by atoms with Crippen LogP contribution in [0.2, 0.25) is 0 Å². The molecule has 1 N–H and O–H groups in total. The smallest absolute Gasteiger partial charge is 0.300 e. The monoisotopic (exact) mass is 160 g/mol. The molecule has 0 bridgehead atoms. The largest absolute Gasteiger partial charge is 0.481 e. The third-order valence-corrected chi connectivity index (χ3v) is 0.761. The second-order valence-corrected chi connectivity index (χ2v) is 1.91. The highest BCUT2D eigenvalue weighted by molar-refractivity contribution is 7.80. The minimum absolute atomic E-state index is 0.662. The molecule has 56 valence electrons. The summed E-state index contributed by atoms with van der Waals surface area (Å²) in [5.41, 5.74) is 0. The van der Waals surface area contributed by atoms with Gasteiger partial charge in [0, 0.05) is 6.92 Å². The van der Waals surface area contributed by atoms with Gasteiger partial charge in [-0.05, 0) is 12.1 Å². The number of rotatable bonds is 0. The Morgan fingerprint density at radius 1 is 1.80 bits per heavy atom. The van der Waals surface area contributed by atoms with Gasteiger partial charge in [-0.2, -0.15) is 0 Å². The molecule has 1 heterocycles. The van der Waals surface area contributed by atoms with Crippen molar-refractivity contribution in [3.8, 4) is 0 Å². The Bertz CT molecular complexity index is 177. The van der Waals surface area contributed by atoms with Crippen molar-refractivity contribution in [3.05, 3.63) is 18.4 Å². The molecule has 0 amide bonds. The summed E-state index contributed by atoms with van der Waals surface area (Å²) in [6.45, 7) is 1.08. The van der Waals surface area contributed by atoms with Gasteiger partial charge >= 0.3 is 0 Å². The molecule has 3 nitrogen and oxygen atoms in total. The van der Waals surface area contributed by atoms with Crippen LogP contribution < -0.4 is 0 Å². The Kier molecular flexibility index (Phi) is 4.49. The summed E-state index contributed by atoms with van der Waals surface area (Å²) in [4.78, 5) is 9.00. The zero-order chi connectivity index (χ0) is 7.98. The SMILES string of the molecule is CC(=O)O.Sc1ccco1. The van der Waals surface area contributed by atoms with E-state index in [0.29, 0.717) is 5.09 Å². The molecule has 0 unspecified atom stereocenters. The van der Waals surface area contributed by atoms with Gasteiger partial charge in [0.2, 0.25) is 0 Å². The molecule has 0 saturated carbocycles. The molecule has 0 fully saturated rings. The van der Waals surface area contributed by atoms with Crippen LogP contribution in [-0.4, -0.2) is 11.1 Å². The van der Waals surface area contributed by atoms with Gasteiger partial charge in [-0.25, -0.2) is 0 Å². The summed E-state index contributed by atoms with van der Waals surface area (Å²) in [5.74, 6) is -0.833. The lowest BCUT2D eigenvalue weighted by Gasteiger charge is -1.67. The highest BCUT2D eigenvalue weighted by atomic mass is 32.1. The standard InChI is InChI=1S/C4H4OS.C2H4O2/c6-4-2-1-3-5-4;1-2(3)4/h1-3,6H;1H3,(H,3,4). The molecule has 4 heteroatoms. The molecule has 1 aromatic heterocycles. The van der Waals surface area contributed by atoms with Gasteiger partial charge in [0.15, 0.2) is 5.09 Å². The number of hydrogen-bond donors (Lipinski definition) is 2. The summed E-state index contributed by atoms with van der Waals surface area (Å²) in [5, 5.41) is 8.08. The van der Waals surface area contributed by atoms with Gasteiger partial charge < -0.3 is 9.52 Å². The number of carboxylic acids is 1. The van der Waals surface area contributed by atoms with Crippen molar-refractivity contribution in [2.24, 2.45) is 0 Å². The van der Waals surface area contributed by atoms with Crippen LogP contribution in [-0.2, 0) is 4.79 Å². The number of hydrogen-bond acceptors (Lipinski definition) is 3. The first-order chi connectivity index (χ1) is 4.63. The van der Waals surface area contributed by atoms with Gasteiger partial charge in [-0.3, -0.25) is 4.79 Å². The maximum absolute atomic E-state index is 9.00. The van der Waals surface area contributed by atoms with Crippen LogP contribution in [0.5, 0.6) is 0 Å². The Balaban J connectivity index is 0.000000180. The van der Waals surface area contributed by atoms with E-state index in [1.807, 2.05) is 0 Å². The number of carbonyl (C=O) groups is 1. The summed E-state index contributed by atoms with van der Waals surface area (Å²) >= 11 is 3.87. The highest BCUT2D eigenvalue weighted by Gasteiger charge is 1.77. The van der Waals surface area contributed by atoms with E-state index in [0.717, 1.165) is 6.92 Å². The van der Waals surface area contributed by atoms with E-state index in [-0.39, 0.29) is 0 Å². The topological polar surface area (TPSA) is 50.4 Å². The zero-order valence-electron chi connectivity index (χ0n) is 5.44. The van der Waals surface area contributed by atoms with Crippen molar-refractivity contribution in [2.45, 2.75) is 12.0 Å². The second-order valence-electron chi connectivity index (χ2n) is 1.47. The highest BCUT2D eigenvalue weighted by Crippen LogP contribution is 2.02. The van der Waals surface area contributed by atoms with E-state index >= 15 is 0 Å². The lowest BCUT2D eigenvalue weighted by molar-refractivity contribution is -0.134. The van der Waals surface area contributed by atoms with Crippen molar-refractivity contribution >= 4 is 18.6 Å². The molecular weight excluding hydrogens is 152 g/mol. The molecule has 1 rings (SSSR count). The Morgan fingerprint density at radius 2 is 2.30 bits per heavy atom. The Morgan fingerprint density at radius 3 is 2.40 bits per heavy atom. The average Bonchev–Trinajstić information content (AvgIpc) is 2.15. The summed E-state index contributed by atoms with van der Waals surface area (Å²) < 4.78 is 4.70. The molecule has 0 aromatic carbocycles. The number of furan rings is 1. The molecule has 0 radical (unpaired) electrons. The fraction of sp³-hybridized carbons (Fsp3) is 0.167. The Hall–Kier alpha value is -0.900. The zero-order valence-corrected chi connectivity index (χ0v) is 6.34. The summed E-state index contributed by atoms with van der Waals surface area (Å²) in [6.07, 6.45) is 1.59. The molecule has 10 heavy (non-hydrogen) atoms. The minimum Gasteiger partial charge on any atom is -0.481 e. The maximum atomic E-state index is 9.00. The fourth-order valence-corrected chi connectivity index (χ4v) is 0.417. The molecule has 0 aliphatic carbocycles. The lowest BCUT2D eigenvalue weighted by Crippen LogP contribution is -1.78. The van der Waals surface area contributed by atoms with Crippen molar-refractivity contribution < 1.29 is 14.3 Å². The van der Waals surface area contributed by atoms with E-state index in [4.69, 9.17) is 14.3 Å². The normalized spacial score (nSPS) is 7.80. The number of aliphatic carboxylic acids is 1. The van der Waals surface area contributed by atoms with E-state index in [9.17, 15) is 0 Å². The van der Waals surface area contributed by atoms with Gasteiger partial charge in [0.1, 0.15) is 0 Å². The predicted octanol–water partition coefficient (Wildman–Crippen LogP) is 1.66. The first-order valence-electron chi connectivity index (χ1n) is 2.55. The van der Waals surface area contributed by atoms with Crippen molar-refractivity contribution in [1.82, 2.24) is 0 Å². The van der Waals surface area contributed by atoms with Gasteiger partial charge in [0.05, 0.1) is 6.26 Å². The number of carboxylic acid groups (broad SMARTS) is 1. The first-order valence-corrected chi connectivity index (χ1v) is 2.99. The van der Waals surface area contributed by atoms with E-state index in [1.165, 1.54) is 0 Å². The van der Waals surface area contributed by atoms with Crippen LogP contribution in [0.15, 0.2) is 27.9 Å². The van der Waals surface area contributed by atoms with E-state index in [2.05, 4.69) is 12.6 Å². The Labute approximate surface area is 64.1 Å². The van der Waals surface area contributed by atoms with Crippen molar-refractivity contribution in [1.29, 1.82) is 0 Å². The van der Waals surface area contributed by atoms with Gasteiger partial charge in [-0.15, -0.1) is 12.6 Å². The van der Waals surface area contributed by atoms with Crippen LogP contribution in [0.4, 0.5) is 0 Å². The predicted molar refractivity (Wildman–Crippen MR) is 39.3 cm³/mol. The first kappa shape index (κ1) is 9.10. The summed E-state index contributed by atoms with van der Waals surface area (Å²) in [7, 11) is 0. The second kappa shape index (κ2) is 4.93. The minimum atomic E-state index is -0.833. The molecule has 0 aliphatic heterocycles. The quantitative estimate of drug-likeness (QED) is 0.567. The van der Waals surface area contributed by atoms with Crippen LogP contribution in [0, 0.1) is 0 Å². The van der Waals surface area contributed by atoms with E-state index in [1.54, 1.807) is 18.4 Å². The van der Waals surface area contributed by atoms with Crippen LogP contribution >= 0.6 is 12.6 Å². The van der Waals surface area contributed by atoms with Crippen molar-refractivity contribution in [2.75, 3.05) is 0 Å². The van der Waals surface area contributed by atoms with Crippen LogP contribution in [0.1, 0.15) is 6.92 Å². The maximum Gasteiger partial charge on any atom is 0.300 e. The lowest BCUT2D eigenvalue weighted by atomic mass is 10.7. The summed E-state index contributed by atoms with van der Waals surface area (Å²) in [6, 6.07) is 3.57. The molecule has 1 aromatic rings. The van der Waals surface area contributed by atoms with Gasteiger partial charge in [-0.1, -0.05) is 0 Å². The molecule has 0 atom stereocenters. The molecule has 0 saturated heterocycles.